The van der Waals surface area contributed by atoms with Gasteiger partial charge >= 0.3 is 0 Å². The molecular weight excluding hydrogens is 280 g/mol. The summed E-state index contributed by atoms with van der Waals surface area (Å²) in [5, 5.41) is 15.4. The number of amides is 1. The smallest absolute Gasteiger partial charge is 0.233 e. The van der Waals surface area contributed by atoms with Crippen LogP contribution in [0.1, 0.15) is 40.0 Å². The van der Waals surface area contributed by atoms with Crippen molar-refractivity contribution < 1.29 is 14.6 Å². The highest BCUT2D eigenvalue weighted by Gasteiger charge is 2.21. The summed E-state index contributed by atoms with van der Waals surface area (Å²) in [5.74, 6) is -0.00309. The number of carbonyl (C=O) groups excluding carboxylic acids is 1. The van der Waals surface area contributed by atoms with Gasteiger partial charge < -0.3 is 20.5 Å². The monoisotopic (exact) mass is 308 g/mol. The molecule has 2 atom stereocenters. The Morgan fingerprint density at radius 3 is 2.75 bits per heavy atom. The number of halogens is 1. The Kier molecular flexibility index (Phi) is 9.38. The number of aliphatic hydroxyl groups is 1. The molecule has 0 bridgehead atoms. The largest absolute Gasteiger partial charge is 0.393 e. The molecule has 0 aromatic heterocycles. The van der Waals surface area contributed by atoms with Crippen molar-refractivity contribution >= 4 is 18.3 Å². The highest BCUT2D eigenvalue weighted by molar-refractivity contribution is 5.85. The first kappa shape index (κ1) is 19.6. The molecule has 0 radical (unpaired) electrons. The number of hydrogen-bond donors (Lipinski definition) is 3. The third-order valence-corrected chi connectivity index (χ3v) is 3.29. The second-order valence-corrected chi connectivity index (χ2v) is 6.26. The Balaban J connectivity index is 0.00000361. The highest BCUT2D eigenvalue weighted by Crippen LogP contribution is 2.20. The minimum absolute atomic E-state index is 0. The lowest BCUT2D eigenvalue weighted by Gasteiger charge is -2.26. The van der Waals surface area contributed by atoms with E-state index in [1.54, 1.807) is 6.92 Å². The van der Waals surface area contributed by atoms with Crippen LogP contribution in [-0.4, -0.2) is 49.5 Å². The topological polar surface area (TPSA) is 70.6 Å². The summed E-state index contributed by atoms with van der Waals surface area (Å²) in [6, 6.07) is 0. The number of ether oxygens (including phenoxy) is 1. The summed E-state index contributed by atoms with van der Waals surface area (Å²) in [7, 11) is 0. The summed E-state index contributed by atoms with van der Waals surface area (Å²) >= 11 is 0. The van der Waals surface area contributed by atoms with Gasteiger partial charge in [-0.05, 0) is 31.6 Å². The number of carbonyl (C=O) groups is 1. The highest BCUT2D eigenvalue weighted by atomic mass is 35.5. The van der Waals surface area contributed by atoms with Gasteiger partial charge in [0.25, 0.3) is 0 Å². The summed E-state index contributed by atoms with van der Waals surface area (Å²) in [4.78, 5) is 11.7. The molecule has 3 N–H and O–H groups in total. The van der Waals surface area contributed by atoms with Crippen LogP contribution < -0.4 is 10.6 Å². The molecule has 1 aliphatic rings. The number of rotatable bonds is 8. The lowest BCUT2D eigenvalue weighted by atomic mass is 9.87. The first-order chi connectivity index (χ1) is 8.89. The van der Waals surface area contributed by atoms with E-state index in [-0.39, 0.29) is 35.9 Å². The van der Waals surface area contributed by atoms with Crippen LogP contribution in [-0.2, 0) is 9.53 Å². The molecule has 0 aliphatic carbocycles. The molecule has 1 saturated heterocycles. The Labute approximate surface area is 128 Å². The minimum Gasteiger partial charge on any atom is -0.393 e. The number of hydrogen-bond acceptors (Lipinski definition) is 4. The molecule has 120 valence electrons. The maximum absolute atomic E-state index is 11.7. The van der Waals surface area contributed by atoms with E-state index in [4.69, 9.17) is 4.74 Å². The van der Waals surface area contributed by atoms with E-state index >= 15 is 0 Å². The van der Waals surface area contributed by atoms with Gasteiger partial charge in [0.2, 0.25) is 5.91 Å². The molecule has 1 aliphatic heterocycles. The normalized spacial score (nSPS) is 20.3. The van der Waals surface area contributed by atoms with Crippen molar-refractivity contribution in [3.63, 3.8) is 0 Å². The van der Waals surface area contributed by atoms with Crippen molar-refractivity contribution in [1.82, 2.24) is 10.6 Å². The fraction of sp³-hybridized carbons (Fsp3) is 0.929. The van der Waals surface area contributed by atoms with Crippen molar-refractivity contribution in [1.29, 1.82) is 0 Å². The van der Waals surface area contributed by atoms with Gasteiger partial charge in [0.15, 0.2) is 0 Å². The van der Waals surface area contributed by atoms with Gasteiger partial charge in [0.05, 0.1) is 18.8 Å². The molecule has 2 unspecified atom stereocenters. The minimum atomic E-state index is -0.343. The van der Waals surface area contributed by atoms with Gasteiger partial charge in [0, 0.05) is 19.7 Å². The predicted octanol–water partition coefficient (Wildman–Crippen LogP) is 1.09. The average molecular weight is 309 g/mol. The van der Waals surface area contributed by atoms with Crippen LogP contribution in [0.5, 0.6) is 0 Å². The van der Waals surface area contributed by atoms with Crippen LogP contribution in [0.2, 0.25) is 0 Å². The SMILES string of the molecule is CC(O)CC(C)(C)CNC(=O)CNCC1CCCO1.Cl. The van der Waals surface area contributed by atoms with E-state index in [1.807, 2.05) is 13.8 Å². The summed E-state index contributed by atoms with van der Waals surface area (Å²) < 4.78 is 5.47. The Morgan fingerprint density at radius 1 is 1.50 bits per heavy atom. The standard InChI is InChI=1S/C14H28N2O3.ClH/c1-11(17)7-14(2,3)10-16-13(18)9-15-8-12-5-4-6-19-12;/h11-12,15,17H,4-10H2,1-3H3,(H,16,18);1H. The van der Waals surface area contributed by atoms with E-state index in [1.165, 1.54) is 0 Å². The molecule has 0 aromatic carbocycles. The zero-order valence-electron chi connectivity index (χ0n) is 12.8. The maximum atomic E-state index is 11.7. The van der Waals surface area contributed by atoms with Gasteiger partial charge in [-0.1, -0.05) is 13.8 Å². The van der Waals surface area contributed by atoms with Crippen molar-refractivity contribution in [2.45, 2.75) is 52.2 Å². The fourth-order valence-electron chi connectivity index (χ4n) is 2.42. The average Bonchev–Trinajstić information content (AvgIpc) is 2.78. The van der Waals surface area contributed by atoms with E-state index in [2.05, 4.69) is 10.6 Å². The van der Waals surface area contributed by atoms with Gasteiger partial charge in [-0.2, -0.15) is 0 Å². The van der Waals surface area contributed by atoms with Crippen molar-refractivity contribution in [2.75, 3.05) is 26.2 Å². The lowest BCUT2D eigenvalue weighted by molar-refractivity contribution is -0.120. The van der Waals surface area contributed by atoms with E-state index < -0.39 is 0 Å². The van der Waals surface area contributed by atoms with E-state index in [0.717, 1.165) is 26.0 Å². The molecule has 6 heteroatoms. The second-order valence-electron chi connectivity index (χ2n) is 6.26. The van der Waals surface area contributed by atoms with Gasteiger partial charge in [-0.25, -0.2) is 0 Å². The lowest BCUT2D eigenvalue weighted by Crippen LogP contribution is -2.41. The zero-order chi connectivity index (χ0) is 14.3. The quantitative estimate of drug-likeness (QED) is 0.628. The molecule has 0 aromatic rings. The summed E-state index contributed by atoms with van der Waals surface area (Å²) in [6.45, 7) is 8.34. The third-order valence-electron chi connectivity index (χ3n) is 3.29. The molecular formula is C14H29ClN2O3. The molecule has 1 fully saturated rings. The Morgan fingerprint density at radius 2 is 2.20 bits per heavy atom. The molecule has 20 heavy (non-hydrogen) atoms. The van der Waals surface area contributed by atoms with E-state index in [0.29, 0.717) is 19.5 Å². The number of aliphatic hydroxyl groups excluding tert-OH is 1. The van der Waals surface area contributed by atoms with Gasteiger partial charge in [-0.15, -0.1) is 12.4 Å². The van der Waals surface area contributed by atoms with Crippen LogP contribution in [0.25, 0.3) is 0 Å². The third kappa shape index (κ3) is 8.74. The molecule has 0 saturated carbocycles. The summed E-state index contributed by atoms with van der Waals surface area (Å²) in [6.07, 6.45) is 2.79. The molecule has 0 spiro atoms. The molecule has 1 heterocycles. The van der Waals surface area contributed by atoms with Crippen LogP contribution in [0.4, 0.5) is 0 Å². The van der Waals surface area contributed by atoms with Crippen LogP contribution in [0.3, 0.4) is 0 Å². The molecule has 1 amide bonds. The van der Waals surface area contributed by atoms with Gasteiger partial charge in [0.1, 0.15) is 0 Å². The Bertz CT molecular complexity index is 280. The maximum Gasteiger partial charge on any atom is 0.233 e. The zero-order valence-corrected chi connectivity index (χ0v) is 13.6. The van der Waals surface area contributed by atoms with Crippen LogP contribution >= 0.6 is 12.4 Å². The molecule has 1 rings (SSSR count). The van der Waals surface area contributed by atoms with Crippen LogP contribution in [0.15, 0.2) is 0 Å². The van der Waals surface area contributed by atoms with Crippen molar-refractivity contribution in [2.24, 2.45) is 5.41 Å². The van der Waals surface area contributed by atoms with E-state index in [9.17, 15) is 9.90 Å². The fourth-order valence-corrected chi connectivity index (χ4v) is 2.42. The first-order valence-corrected chi connectivity index (χ1v) is 7.16. The number of nitrogens with one attached hydrogen (secondary N) is 2. The van der Waals surface area contributed by atoms with Gasteiger partial charge in [-0.3, -0.25) is 4.79 Å². The first-order valence-electron chi connectivity index (χ1n) is 7.16. The predicted molar refractivity (Wildman–Crippen MR) is 82.2 cm³/mol. The molecule has 5 nitrogen and oxygen atoms in total. The Hall–Kier alpha value is -0.360. The summed E-state index contributed by atoms with van der Waals surface area (Å²) in [5.41, 5.74) is -0.0849. The van der Waals surface area contributed by atoms with Crippen LogP contribution in [0, 0.1) is 5.41 Å². The van der Waals surface area contributed by atoms with Crippen molar-refractivity contribution in [3.8, 4) is 0 Å². The van der Waals surface area contributed by atoms with Crippen molar-refractivity contribution in [3.05, 3.63) is 0 Å². The second kappa shape index (κ2) is 9.55.